The summed E-state index contributed by atoms with van der Waals surface area (Å²) in [7, 11) is 1.80. The average Bonchev–Trinajstić information content (AvgIpc) is 2.28. The van der Waals surface area contributed by atoms with Crippen molar-refractivity contribution >= 4 is 5.91 Å². The molecule has 1 saturated carbocycles. The molecule has 1 N–H and O–H groups in total. The number of likely N-dealkylation sites (N-methyl/N-ethyl adjacent to an activating group) is 1. The molecule has 2 unspecified atom stereocenters. The van der Waals surface area contributed by atoms with Gasteiger partial charge in [0.1, 0.15) is 0 Å². The smallest absolute Gasteiger partial charge is 0.225 e. The largest absolute Gasteiger partial charge is 0.395 e. The maximum absolute atomic E-state index is 12.2. The Bertz CT molecular complexity index is 228. The fourth-order valence-electron chi connectivity index (χ4n) is 2.81. The van der Waals surface area contributed by atoms with Crippen molar-refractivity contribution < 1.29 is 9.90 Å². The molecule has 1 aliphatic carbocycles. The summed E-state index contributed by atoms with van der Waals surface area (Å²) in [5.41, 5.74) is 0. The highest BCUT2D eigenvalue weighted by molar-refractivity contribution is 5.79. The molecule has 0 aromatic heterocycles. The zero-order valence-electron chi connectivity index (χ0n) is 10.8. The number of aliphatic hydroxyl groups excluding tert-OH is 1. The van der Waals surface area contributed by atoms with Crippen LogP contribution in [-0.2, 0) is 4.79 Å². The first kappa shape index (κ1) is 13.5. The van der Waals surface area contributed by atoms with E-state index in [2.05, 4.69) is 13.8 Å². The van der Waals surface area contributed by atoms with Crippen LogP contribution in [0.5, 0.6) is 0 Å². The monoisotopic (exact) mass is 227 g/mol. The summed E-state index contributed by atoms with van der Waals surface area (Å²) in [5, 5.41) is 8.87. The highest BCUT2D eigenvalue weighted by Crippen LogP contribution is 2.35. The third kappa shape index (κ3) is 3.21. The predicted molar refractivity (Wildman–Crippen MR) is 65.0 cm³/mol. The van der Waals surface area contributed by atoms with Gasteiger partial charge < -0.3 is 10.0 Å². The molecule has 0 aliphatic heterocycles. The number of amides is 1. The molecule has 0 spiro atoms. The van der Waals surface area contributed by atoms with Crippen LogP contribution < -0.4 is 0 Å². The minimum Gasteiger partial charge on any atom is -0.395 e. The summed E-state index contributed by atoms with van der Waals surface area (Å²) in [6.45, 7) is 4.94. The first-order valence-corrected chi connectivity index (χ1v) is 6.43. The van der Waals surface area contributed by atoms with Crippen molar-refractivity contribution in [3.05, 3.63) is 0 Å². The Hall–Kier alpha value is -0.570. The molecule has 0 radical (unpaired) electrons. The number of aliphatic hydroxyl groups is 1. The van der Waals surface area contributed by atoms with Gasteiger partial charge in [0.05, 0.1) is 6.61 Å². The normalized spacial score (nSPS) is 25.8. The van der Waals surface area contributed by atoms with E-state index in [0.29, 0.717) is 18.4 Å². The molecule has 1 rings (SSSR count). The Morgan fingerprint density at radius 3 is 2.56 bits per heavy atom. The van der Waals surface area contributed by atoms with Crippen molar-refractivity contribution in [2.45, 2.75) is 39.5 Å². The minimum absolute atomic E-state index is 0.0569. The molecule has 2 atom stereocenters. The van der Waals surface area contributed by atoms with Gasteiger partial charge in [0, 0.05) is 19.5 Å². The van der Waals surface area contributed by atoms with Crippen LogP contribution in [0.15, 0.2) is 0 Å². The van der Waals surface area contributed by atoms with Crippen LogP contribution in [0.25, 0.3) is 0 Å². The van der Waals surface area contributed by atoms with Crippen molar-refractivity contribution in [2.24, 2.45) is 17.8 Å². The van der Waals surface area contributed by atoms with Gasteiger partial charge in [-0.3, -0.25) is 4.79 Å². The van der Waals surface area contributed by atoms with Gasteiger partial charge >= 0.3 is 0 Å². The van der Waals surface area contributed by atoms with Crippen LogP contribution in [-0.4, -0.2) is 36.1 Å². The Balaban J connectivity index is 2.63. The van der Waals surface area contributed by atoms with Gasteiger partial charge in [-0.15, -0.1) is 0 Å². The Labute approximate surface area is 98.8 Å². The lowest BCUT2D eigenvalue weighted by Crippen LogP contribution is -2.40. The lowest BCUT2D eigenvalue weighted by Gasteiger charge is -2.35. The maximum Gasteiger partial charge on any atom is 0.225 e. The van der Waals surface area contributed by atoms with E-state index < -0.39 is 0 Å². The topological polar surface area (TPSA) is 40.5 Å². The van der Waals surface area contributed by atoms with Crippen molar-refractivity contribution in [1.29, 1.82) is 0 Å². The van der Waals surface area contributed by atoms with E-state index in [-0.39, 0.29) is 18.4 Å². The summed E-state index contributed by atoms with van der Waals surface area (Å²) in [5.74, 6) is 1.52. The van der Waals surface area contributed by atoms with E-state index >= 15 is 0 Å². The number of hydrogen-bond acceptors (Lipinski definition) is 2. The second kappa shape index (κ2) is 6.24. The summed E-state index contributed by atoms with van der Waals surface area (Å²) >= 11 is 0. The summed E-state index contributed by atoms with van der Waals surface area (Å²) in [6.07, 6.45) is 4.64. The lowest BCUT2D eigenvalue weighted by molar-refractivity contribution is -0.138. The van der Waals surface area contributed by atoms with Crippen molar-refractivity contribution in [2.75, 3.05) is 20.2 Å². The highest BCUT2D eigenvalue weighted by Gasteiger charge is 2.33. The van der Waals surface area contributed by atoms with E-state index in [9.17, 15) is 4.79 Å². The van der Waals surface area contributed by atoms with Gasteiger partial charge in [-0.1, -0.05) is 26.7 Å². The van der Waals surface area contributed by atoms with E-state index in [4.69, 9.17) is 5.11 Å². The van der Waals surface area contributed by atoms with Crippen LogP contribution in [0.2, 0.25) is 0 Å². The van der Waals surface area contributed by atoms with E-state index in [0.717, 1.165) is 6.42 Å². The van der Waals surface area contributed by atoms with Gasteiger partial charge in [-0.25, -0.2) is 0 Å². The van der Waals surface area contributed by atoms with Gasteiger partial charge in [-0.05, 0) is 24.7 Å². The van der Waals surface area contributed by atoms with Gasteiger partial charge in [-0.2, -0.15) is 0 Å². The number of carbonyl (C=O) groups is 1. The molecule has 1 amide bonds. The van der Waals surface area contributed by atoms with Crippen LogP contribution in [0.4, 0.5) is 0 Å². The maximum atomic E-state index is 12.2. The summed E-state index contributed by atoms with van der Waals surface area (Å²) in [6, 6.07) is 0. The number of rotatable bonds is 4. The number of carbonyl (C=O) groups excluding carboxylic acids is 1. The first-order chi connectivity index (χ1) is 7.57. The predicted octanol–water partition coefficient (Wildman–Crippen LogP) is 1.90. The van der Waals surface area contributed by atoms with E-state index in [1.807, 2.05) is 0 Å². The van der Waals surface area contributed by atoms with Crippen LogP contribution in [0, 0.1) is 17.8 Å². The lowest BCUT2D eigenvalue weighted by atomic mass is 9.73. The van der Waals surface area contributed by atoms with E-state index in [1.165, 1.54) is 19.3 Å². The van der Waals surface area contributed by atoms with Gasteiger partial charge in [0.2, 0.25) is 5.91 Å². The summed E-state index contributed by atoms with van der Waals surface area (Å²) < 4.78 is 0. The third-order valence-electron chi connectivity index (χ3n) is 3.80. The van der Waals surface area contributed by atoms with Crippen molar-refractivity contribution in [3.63, 3.8) is 0 Å². The van der Waals surface area contributed by atoms with Gasteiger partial charge in [0.25, 0.3) is 0 Å². The average molecular weight is 227 g/mol. The molecule has 3 nitrogen and oxygen atoms in total. The molecule has 0 bridgehead atoms. The second-order valence-corrected chi connectivity index (χ2v) is 5.28. The Morgan fingerprint density at radius 1 is 1.38 bits per heavy atom. The molecule has 16 heavy (non-hydrogen) atoms. The molecule has 3 heteroatoms. The van der Waals surface area contributed by atoms with Crippen molar-refractivity contribution in [3.8, 4) is 0 Å². The van der Waals surface area contributed by atoms with Gasteiger partial charge in [0.15, 0.2) is 0 Å². The molecule has 94 valence electrons. The molecule has 0 aromatic rings. The molecule has 0 aromatic carbocycles. The number of nitrogens with zero attached hydrogens (tertiary/aromatic N) is 1. The zero-order chi connectivity index (χ0) is 12.1. The fraction of sp³-hybridized carbons (Fsp3) is 0.923. The first-order valence-electron chi connectivity index (χ1n) is 6.43. The molecular weight excluding hydrogens is 202 g/mol. The molecule has 0 saturated heterocycles. The molecule has 1 aliphatic rings. The Kier molecular flexibility index (Phi) is 5.26. The number of hydrogen-bond donors (Lipinski definition) is 1. The van der Waals surface area contributed by atoms with Crippen LogP contribution in [0.3, 0.4) is 0 Å². The molecule has 0 heterocycles. The minimum atomic E-state index is 0.0569. The molecular formula is C13H25NO2. The quantitative estimate of drug-likeness (QED) is 0.797. The molecule has 1 fully saturated rings. The van der Waals surface area contributed by atoms with Crippen LogP contribution in [0.1, 0.15) is 39.5 Å². The Morgan fingerprint density at radius 2 is 2.00 bits per heavy atom. The van der Waals surface area contributed by atoms with Crippen LogP contribution >= 0.6 is 0 Å². The van der Waals surface area contributed by atoms with E-state index in [1.54, 1.807) is 11.9 Å². The second-order valence-electron chi connectivity index (χ2n) is 5.28. The SMILES string of the molecule is CC(C)C1CCCCC1C(=O)N(C)CCO. The van der Waals surface area contributed by atoms with Crippen molar-refractivity contribution in [1.82, 2.24) is 4.90 Å². The third-order valence-corrected chi connectivity index (χ3v) is 3.80. The summed E-state index contributed by atoms with van der Waals surface area (Å²) in [4.78, 5) is 13.9. The highest BCUT2D eigenvalue weighted by atomic mass is 16.3. The standard InChI is InChI=1S/C13H25NO2/c1-10(2)11-6-4-5-7-12(11)13(16)14(3)8-9-15/h10-12,15H,4-9H2,1-3H3. The fourth-order valence-corrected chi connectivity index (χ4v) is 2.81. The zero-order valence-corrected chi connectivity index (χ0v) is 10.8.